The van der Waals surface area contributed by atoms with Crippen LogP contribution in [-0.4, -0.2) is 46.4 Å². The van der Waals surface area contributed by atoms with Crippen molar-refractivity contribution >= 4 is 16.0 Å². The number of hydrogen-bond acceptors (Lipinski definition) is 5. The molecule has 0 aromatic heterocycles. The third kappa shape index (κ3) is 6.04. The second-order valence-electron chi connectivity index (χ2n) is 3.77. The van der Waals surface area contributed by atoms with Crippen molar-refractivity contribution in [2.45, 2.75) is 25.3 Å². The maximum absolute atomic E-state index is 11.4. The van der Waals surface area contributed by atoms with E-state index in [1.54, 1.807) is 0 Å². The second kappa shape index (κ2) is 6.17. The second-order valence-corrected chi connectivity index (χ2v) is 5.69. The highest BCUT2D eigenvalue weighted by molar-refractivity contribution is 7.89. The first-order chi connectivity index (χ1) is 7.53. The van der Waals surface area contributed by atoms with E-state index in [1.165, 1.54) is 20.0 Å². The SMILES string of the molecule is COC(=O)CCS(=O)(=O)NCCNC1CC1. The number of esters is 1. The van der Waals surface area contributed by atoms with E-state index in [1.807, 2.05) is 0 Å². The fourth-order valence-corrected chi connectivity index (χ4v) is 2.16. The molecule has 0 atom stereocenters. The quantitative estimate of drug-likeness (QED) is 0.436. The summed E-state index contributed by atoms with van der Waals surface area (Å²) in [6.45, 7) is 0.988. The largest absolute Gasteiger partial charge is 0.469 e. The third-order valence-corrected chi connectivity index (χ3v) is 3.65. The van der Waals surface area contributed by atoms with Crippen LogP contribution in [0.3, 0.4) is 0 Å². The lowest BCUT2D eigenvalue weighted by atomic mass is 10.5. The van der Waals surface area contributed by atoms with Gasteiger partial charge in [0, 0.05) is 19.1 Å². The number of sulfonamides is 1. The highest BCUT2D eigenvalue weighted by atomic mass is 32.2. The van der Waals surface area contributed by atoms with Gasteiger partial charge in [0.15, 0.2) is 0 Å². The smallest absolute Gasteiger partial charge is 0.306 e. The number of methoxy groups -OCH3 is 1. The van der Waals surface area contributed by atoms with Gasteiger partial charge in [-0.3, -0.25) is 4.79 Å². The Balaban J connectivity index is 2.09. The van der Waals surface area contributed by atoms with Gasteiger partial charge in [0.2, 0.25) is 10.0 Å². The van der Waals surface area contributed by atoms with E-state index in [-0.39, 0.29) is 12.2 Å². The van der Waals surface area contributed by atoms with Crippen molar-refractivity contribution < 1.29 is 17.9 Å². The van der Waals surface area contributed by atoms with E-state index >= 15 is 0 Å². The number of rotatable bonds is 8. The lowest BCUT2D eigenvalue weighted by molar-refractivity contribution is -0.140. The molecule has 0 radical (unpaired) electrons. The molecule has 0 spiro atoms. The highest BCUT2D eigenvalue weighted by Gasteiger charge is 2.20. The van der Waals surface area contributed by atoms with Gasteiger partial charge in [-0.1, -0.05) is 0 Å². The van der Waals surface area contributed by atoms with Crippen molar-refractivity contribution in [2.75, 3.05) is 26.0 Å². The van der Waals surface area contributed by atoms with Crippen LogP contribution in [0, 0.1) is 0 Å². The zero-order valence-electron chi connectivity index (χ0n) is 9.36. The Kier molecular flexibility index (Phi) is 5.17. The third-order valence-electron chi connectivity index (χ3n) is 2.26. The van der Waals surface area contributed by atoms with Gasteiger partial charge >= 0.3 is 5.97 Å². The molecular weight excluding hydrogens is 232 g/mol. The molecule has 1 rings (SSSR count). The Labute approximate surface area is 95.8 Å². The lowest BCUT2D eigenvalue weighted by Crippen LogP contribution is -2.34. The van der Waals surface area contributed by atoms with Gasteiger partial charge in [-0.05, 0) is 12.8 Å². The number of carbonyl (C=O) groups excluding carboxylic acids is 1. The molecule has 0 aromatic carbocycles. The van der Waals surface area contributed by atoms with Gasteiger partial charge in [-0.25, -0.2) is 13.1 Å². The average molecular weight is 250 g/mol. The van der Waals surface area contributed by atoms with E-state index < -0.39 is 16.0 Å². The van der Waals surface area contributed by atoms with Gasteiger partial charge in [-0.2, -0.15) is 0 Å². The molecule has 2 N–H and O–H groups in total. The molecule has 0 saturated heterocycles. The summed E-state index contributed by atoms with van der Waals surface area (Å²) in [5, 5.41) is 3.19. The van der Waals surface area contributed by atoms with Crippen LogP contribution in [0.5, 0.6) is 0 Å². The highest BCUT2D eigenvalue weighted by Crippen LogP contribution is 2.17. The summed E-state index contributed by atoms with van der Waals surface area (Å²) < 4.78 is 29.5. The van der Waals surface area contributed by atoms with Crippen LogP contribution in [0.4, 0.5) is 0 Å². The minimum atomic E-state index is -3.36. The summed E-state index contributed by atoms with van der Waals surface area (Å²) in [5.41, 5.74) is 0. The normalized spacial score (nSPS) is 16.1. The standard InChI is InChI=1S/C9H18N2O4S/c1-15-9(12)4-7-16(13,14)11-6-5-10-8-2-3-8/h8,10-11H,2-7H2,1H3. The fraction of sp³-hybridized carbons (Fsp3) is 0.889. The van der Waals surface area contributed by atoms with Gasteiger partial charge in [-0.15, -0.1) is 0 Å². The predicted octanol–water partition coefficient (Wildman–Crippen LogP) is -0.779. The molecule has 94 valence electrons. The summed E-state index contributed by atoms with van der Waals surface area (Å²) in [7, 11) is -2.12. The van der Waals surface area contributed by atoms with E-state index in [0.717, 1.165) is 0 Å². The molecular formula is C9H18N2O4S. The molecule has 1 aliphatic carbocycles. The summed E-state index contributed by atoms with van der Waals surface area (Å²) in [6, 6.07) is 0.569. The maximum atomic E-state index is 11.4. The van der Waals surface area contributed by atoms with Crippen LogP contribution in [0.15, 0.2) is 0 Å². The lowest BCUT2D eigenvalue weighted by Gasteiger charge is -2.06. The molecule has 0 unspecified atom stereocenters. The number of nitrogens with one attached hydrogen (secondary N) is 2. The number of hydrogen-bond donors (Lipinski definition) is 2. The van der Waals surface area contributed by atoms with E-state index in [2.05, 4.69) is 14.8 Å². The van der Waals surface area contributed by atoms with Crippen LogP contribution in [0.25, 0.3) is 0 Å². The van der Waals surface area contributed by atoms with Crippen LogP contribution < -0.4 is 10.0 Å². The van der Waals surface area contributed by atoms with Crippen LogP contribution in [0.2, 0.25) is 0 Å². The minimum absolute atomic E-state index is 0.109. The maximum Gasteiger partial charge on any atom is 0.306 e. The zero-order chi connectivity index (χ0) is 12.0. The van der Waals surface area contributed by atoms with Crippen molar-refractivity contribution in [2.24, 2.45) is 0 Å². The van der Waals surface area contributed by atoms with Crippen molar-refractivity contribution in [3.63, 3.8) is 0 Å². The first kappa shape index (κ1) is 13.4. The van der Waals surface area contributed by atoms with Crippen molar-refractivity contribution in [3.05, 3.63) is 0 Å². The Morgan fingerprint density at radius 2 is 2.06 bits per heavy atom. The van der Waals surface area contributed by atoms with E-state index in [0.29, 0.717) is 19.1 Å². The molecule has 0 aromatic rings. The number of ether oxygens (including phenoxy) is 1. The summed E-state index contributed by atoms with van der Waals surface area (Å²) in [5.74, 6) is -0.732. The van der Waals surface area contributed by atoms with Crippen molar-refractivity contribution in [1.82, 2.24) is 10.0 Å². The first-order valence-electron chi connectivity index (χ1n) is 5.31. The van der Waals surface area contributed by atoms with Crippen molar-refractivity contribution in [3.8, 4) is 0 Å². The molecule has 0 bridgehead atoms. The summed E-state index contributed by atoms with van der Waals surface area (Å²) in [6.07, 6.45) is 2.24. The van der Waals surface area contributed by atoms with Gasteiger partial charge < -0.3 is 10.1 Å². The molecule has 1 fully saturated rings. The molecule has 0 aliphatic heterocycles. The van der Waals surface area contributed by atoms with E-state index in [4.69, 9.17) is 0 Å². The van der Waals surface area contributed by atoms with Crippen LogP contribution in [-0.2, 0) is 19.6 Å². The number of carbonyl (C=O) groups is 1. The Morgan fingerprint density at radius 1 is 1.38 bits per heavy atom. The Hall–Kier alpha value is -0.660. The monoisotopic (exact) mass is 250 g/mol. The van der Waals surface area contributed by atoms with Crippen molar-refractivity contribution in [1.29, 1.82) is 0 Å². The van der Waals surface area contributed by atoms with Crippen LogP contribution in [0.1, 0.15) is 19.3 Å². The fourth-order valence-electron chi connectivity index (χ4n) is 1.16. The molecule has 7 heteroatoms. The molecule has 6 nitrogen and oxygen atoms in total. The molecule has 1 saturated carbocycles. The first-order valence-corrected chi connectivity index (χ1v) is 6.96. The Morgan fingerprint density at radius 3 is 2.62 bits per heavy atom. The van der Waals surface area contributed by atoms with Gasteiger partial charge in [0.05, 0.1) is 19.3 Å². The topological polar surface area (TPSA) is 84.5 Å². The van der Waals surface area contributed by atoms with Crippen LogP contribution >= 0.6 is 0 Å². The average Bonchev–Trinajstić information content (AvgIpc) is 3.05. The minimum Gasteiger partial charge on any atom is -0.469 e. The van der Waals surface area contributed by atoms with Gasteiger partial charge in [0.1, 0.15) is 0 Å². The predicted molar refractivity (Wildman–Crippen MR) is 59.4 cm³/mol. The Bertz CT molecular complexity index is 324. The molecule has 1 aliphatic rings. The molecule has 0 heterocycles. The summed E-state index contributed by atoms with van der Waals surface area (Å²) >= 11 is 0. The van der Waals surface area contributed by atoms with E-state index in [9.17, 15) is 13.2 Å². The summed E-state index contributed by atoms with van der Waals surface area (Å²) in [4.78, 5) is 10.8. The molecule has 0 amide bonds. The molecule has 16 heavy (non-hydrogen) atoms. The zero-order valence-corrected chi connectivity index (χ0v) is 10.2. The van der Waals surface area contributed by atoms with Gasteiger partial charge in [0.25, 0.3) is 0 Å².